The summed E-state index contributed by atoms with van der Waals surface area (Å²) in [5.74, 6) is -2.41. The van der Waals surface area contributed by atoms with Crippen LogP contribution < -0.4 is 5.73 Å². The molecule has 0 heterocycles. The number of hydrogen-bond donors (Lipinski definition) is 3. The minimum Gasteiger partial charge on any atom is -0.507 e. The van der Waals surface area contributed by atoms with Crippen LogP contribution in [0.3, 0.4) is 0 Å². The van der Waals surface area contributed by atoms with Crippen LogP contribution in [0.4, 0.5) is 13.2 Å². The molecule has 0 bridgehead atoms. The first-order valence-electron chi connectivity index (χ1n) is 4.12. The van der Waals surface area contributed by atoms with Gasteiger partial charge in [0.05, 0.1) is 5.56 Å². The van der Waals surface area contributed by atoms with E-state index in [1.807, 2.05) is 0 Å². The van der Waals surface area contributed by atoms with Crippen LogP contribution in [-0.4, -0.2) is 16.2 Å². The summed E-state index contributed by atoms with van der Waals surface area (Å²) in [7, 11) is 0. The van der Waals surface area contributed by atoms with Crippen LogP contribution in [0, 0.1) is 0 Å². The topological polar surface area (TPSA) is 83.6 Å². The zero-order valence-electron chi connectivity index (χ0n) is 7.82. The Balaban J connectivity index is 3.23. The lowest BCUT2D eigenvalue weighted by atomic mass is 10.0. The molecule has 0 aliphatic heterocycles. The third-order valence-electron chi connectivity index (χ3n) is 1.95. The number of carbonyl (C=O) groups is 1. The number of carboxylic acids is 1. The minimum absolute atomic E-state index is 0.224. The number of alkyl halides is 3. The summed E-state index contributed by atoms with van der Waals surface area (Å²) >= 11 is 0. The van der Waals surface area contributed by atoms with Crippen LogP contribution in [-0.2, 0) is 11.0 Å². The molecule has 0 amide bonds. The first-order chi connectivity index (χ1) is 7.23. The molecule has 0 aliphatic rings. The van der Waals surface area contributed by atoms with Crippen molar-refractivity contribution in [3.8, 4) is 5.75 Å². The molecule has 0 spiro atoms. The number of aliphatic carboxylic acids is 1. The first kappa shape index (κ1) is 12.3. The number of carboxylic acid groups (broad SMARTS) is 1. The van der Waals surface area contributed by atoms with Gasteiger partial charge < -0.3 is 15.9 Å². The Morgan fingerprint density at radius 2 is 1.94 bits per heavy atom. The summed E-state index contributed by atoms with van der Waals surface area (Å²) in [6, 6.07) is 0.764. The lowest BCUT2D eigenvalue weighted by Crippen LogP contribution is -2.21. The molecule has 4 N–H and O–H groups in total. The third-order valence-corrected chi connectivity index (χ3v) is 1.95. The molecule has 1 aromatic carbocycles. The summed E-state index contributed by atoms with van der Waals surface area (Å²) in [6.07, 6.45) is -4.75. The Kier molecular flexibility index (Phi) is 3.09. The van der Waals surface area contributed by atoms with Gasteiger partial charge in [0.2, 0.25) is 0 Å². The number of phenols is 1. The Bertz CT molecular complexity index is 417. The number of aromatic hydroxyl groups is 1. The predicted octanol–water partition coefficient (Wildman–Crippen LogP) is 1.50. The third kappa shape index (κ3) is 2.43. The molecule has 0 saturated carbocycles. The second-order valence-electron chi connectivity index (χ2n) is 3.09. The summed E-state index contributed by atoms with van der Waals surface area (Å²) in [5.41, 5.74) is 3.62. The van der Waals surface area contributed by atoms with Crippen molar-refractivity contribution in [2.45, 2.75) is 12.2 Å². The van der Waals surface area contributed by atoms with E-state index in [1.165, 1.54) is 0 Å². The fourth-order valence-electron chi connectivity index (χ4n) is 1.12. The molecule has 0 fully saturated rings. The number of benzene rings is 1. The lowest BCUT2D eigenvalue weighted by Gasteiger charge is -2.12. The summed E-state index contributed by atoms with van der Waals surface area (Å²) in [4.78, 5) is 10.5. The Labute approximate surface area is 88.1 Å². The van der Waals surface area contributed by atoms with Gasteiger partial charge >= 0.3 is 12.1 Å². The van der Waals surface area contributed by atoms with Gasteiger partial charge in [-0.05, 0) is 17.7 Å². The molecule has 1 atom stereocenters. The van der Waals surface area contributed by atoms with Crippen molar-refractivity contribution in [2.75, 3.05) is 0 Å². The molecule has 0 saturated heterocycles. The maximum Gasteiger partial charge on any atom is 0.419 e. The molecule has 88 valence electrons. The van der Waals surface area contributed by atoms with E-state index in [9.17, 15) is 18.0 Å². The van der Waals surface area contributed by atoms with Gasteiger partial charge in [-0.3, -0.25) is 4.79 Å². The van der Waals surface area contributed by atoms with Gasteiger partial charge in [-0.25, -0.2) is 0 Å². The minimum atomic E-state index is -4.75. The Morgan fingerprint density at radius 1 is 1.38 bits per heavy atom. The second kappa shape index (κ2) is 4.01. The van der Waals surface area contributed by atoms with Crippen molar-refractivity contribution in [3.63, 3.8) is 0 Å². The number of rotatable bonds is 2. The number of halogens is 3. The maximum absolute atomic E-state index is 12.3. The average molecular weight is 235 g/mol. The molecule has 0 aromatic heterocycles. The van der Waals surface area contributed by atoms with Crippen LogP contribution in [0.5, 0.6) is 5.75 Å². The van der Waals surface area contributed by atoms with Gasteiger partial charge in [-0.15, -0.1) is 0 Å². The summed E-state index contributed by atoms with van der Waals surface area (Å²) in [5, 5.41) is 17.5. The SMILES string of the molecule is NC(C(=O)O)c1ccc(O)c(C(F)(F)F)c1. The fraction of sp³-hybridized carbons (Fsp3) is 0.222. The van der Waals surface area contributed by atoms with Crippen LogP contribution in [0.2, 0.25) is 0 Å². The Hall–Kier alpha value is -1.76. The molecule has 4 nitrogen and oxygen atoms in total. The van der Waals surface area contributed by atoms with E-state index < -0.39 is 29.5 Å². The van der Waals surface area contributed by atoms with Gasteiger partial charge in [-0.1, -0.05) is 6.07 Å². The van der Waals surface area contributed by atoms with Crippen molar-refractivity contribution < 1.29 is 28.2 Å². The smallest absolute Gasteiger partial charge is 0.419 e. The van der Waals surface area contributed by atoms with E-state index in [0.717, 1.165) is 12.1 Å². The fourth-order valence-corrected chi connectivity index (χ4v) is 1.12. The lowest BCUT2D eigenvalue weighted by molar-refractivity contribution is -0.140. The molecule has 16 heavy (non-hydrogen) atoms. The van der Waals surface area contributed by atoms with Crippen molar-refractivity contribution in [2.24, 2.45) is 5.73 Å². The molecular formula is C9H8F3NO3. The van der Waals surface area contributed by atoms with Crippen LogP contribution in [0.25, 0.3) is 0 Å². The number of phenolic OH excluding ortho intramolecular Hbond substituents is 1. The highest BCUT2D eigenvalue weighted by Gasteiger charge is 2.34. The van der Waals surface area contributed by atoms with E-state index >= 15 is 0 Å². The van der Waals surface area contributed by atoms with Crippen molar-refractivity contribution >= 4 is 5.97 Å². The highest BCUT2D eigenvalue weighted by molar-refractivity contribution is 5.75. The van der Waals surface area contributed by atoms with Crippen molar-refractivity contribution in [3.05, 3.63) is 29.3 Å². The standard InChI is InChI=1S/C9H8F3NO3/c10-9(11,12)5-3-4(1-2-6(5)14)7(13)8(15)16/h1-3,7,14H,13H2,(H,15,16). The van der Waals surface area contributed by atoms with Gasteiger partial charge in [0, 0.05) is 0 Å². The van der Waals surface area contributed by atoms with Crippen molar-refractivity contribution in [1.29, 1.82) is 0 Å². The maximum atomic E-state index is 12.3. The zero-order chi connectivity index (χ0) is 12.5. The Morgan fingerprint density at radius 3 is 2.38 bits per heavy atom. The molecule has 0 aliphatic carbocycles. The van der Waals surface area contributed by atoms with Crippen LogP contribution in [0.15, 0.2) is 18.2 Å². The first-order valence-corrected chi connectivity index (χ1v) is 4.12. The van der Waals surface area contributed by atoms with Crippen molar-refractivity contribution in [1.82, 2.24) is 0 Å². The second-order valence-corrected chi connectivity index (χ2v) is 3.09. The highest BCUT2D eigenvalue weighted by Crippen LogP contribution is 2.36. The molecule has 1 aromatic rings. The van der Waals surface area contributed by atoms with E-state index in [1.54, 1.807) is 0 Å². The van der Waals surface area contributed by atoms with Crippen LogP contribution >= 0.6 is 0 Å². The number of hydrogen-bond acceptors (Lipinski definition) is 3. The average Bonchev–Trinajstić information content (AvgIpc) is 2.15. The van der Waals surface area contributed by atoms with Gasteiger partial charge in [0.25, 0.3) is 0 Å². The van der Waals surface area contributed by atoms with E-state index in [4.69, 9.17) is 15.9 Å². The molecule has 0 radical (unpaired) electrons. The molecule has 1 unspecified atom stereocenters. The van der Waals surface area contributed by atoms with Crippen LogP contribution in [0.1, 0.15) is 17.2 Å². The van der Waals surface area contributed by atoms with Gasteiger partial charge in [0.15, 0.2) is 0 Å². The van der Waals surface area contributed by atoms with E-state index in [0.29, 0.717) is 6.07 Å². The quantitative estimate of drug-likeness (QED) is 0.725. The molecule has 1 rings (SSSR count). The molecule has 7 heteroatoms. The van der Waals surface area contributed by atoms with Gasteiger partial charge in [0.1, 0.15) is 11.8 Å². The molecular weight excluding hydrogens is 227 g/mol. The highest BCUT2D eigenvalue weighted by atomic mass is 19.4. The largest absolute Gasteiger partial charge is 0.507 e. The predicted molar refractivity (Wildman–Crippen MR) is 47.7 cm³/mol. The summed E-state index contributed by atoms with van der Waals surface area (Å²) in [6.45, 7) is 0. The van der Waals surface area contributed by atoms with E-state index in [-0.39, 0.29) is 5.56 Å². The normalized spacial score (nSPS) is 13.5. The van der Waals surface area contributed by atoms with E-state index in [2.05, 4.69) is 0 Å². The number of nitrogens with two attached hydrogens (primary N) is 1. The summed E-state index contributed by atoms with van der Waals surface area (Å²) < 4.78 is 37.0. The zero-order valence-corrected chi connectivity index (χ0v) is 7.82. The monoisotopic (exact) mass is 235 g/mol. The van der Waals surface area contributed by atoms with Gasteiger partial charge in [-0.2, -0.15) is 13.2 Å².